The Morgan fingerprint density at radius 1 is 1.30 bits per heavy atom. The number of piperidine rings is 1. The summed E-state index contributed by atoms with van der Waals surface area (Å²) in [5.41, 5.74) is 1.96. The molecule has 0 saturated carbocycles. The van der Waals surface area contributed by atoms with Gasteiger partial charge in [0.1, 0.15) is 17.9 Å². The van der Waals surface area contributed by atoms with Crippen LogP contribution in [0.5, 0.6) is 5.75 Å². The molecule has 0 spiro atoms. The van der Waals surface area contributed by atoms with E-state index in [-0.39, 0.29) is 5.41 Å². The van der Waals surface area contributed by atoms with Crippen molar-refractivity contribution in [1.29, 1.82) is 0 Å². The Morgan fingerprint density at radius 3 is 2.97 bits per heavy atom. The van der Waals surface area contributed by atoms with Crippen LogP contribution in [0.1, 0.15) is 26.7 Å². The Hall–Kier alpha value is -2.71. The van der Waals surface area contributed by atoms with Gasteiger partial charge in [0.25, 0.3) is 0 Å². The second-order valence-electron chi connectivity index (χ2n) is 8.85. The number of rotatable bonds is 6. The van der Waals surface area contributed by atoms with E-state index in [0.29, 0.717) is 18.7 Å². The molecule has 2 N–H and O–H groups in total. The number of nitrogens with one attached hydrogen (secondary N) is 2. The Labute approximate surface area is 176 Å². The molecule has 2 fully saturated rings. The highest BCUT2D eigenvalue weighted by Gasteiger charge is 2.34. The monoisotopic (exact) mass is 408 g/mol. The number of ether oxygens (including phenoxy) is 2. The van der Waals surface area contributed by atoms with E-state index in [1.807, 2.05) is 22.8 Å². The molecule has 2 aromatic heterocycles. The number of anilines is 1. The zero-order valence-electron chi connectivity index (χ0n) is 17.5. The summed E-state index contributed by atoms with van der Waals surface area (Å²) in [6.07, 6.45) is 7.61. The molecular formula is C22H28N6O2. The summed E-state index contributed by atoms with van der Waals surface area (Å²) < 4.78 is 13.2. The third kappa shape index (κ3) is 3.97. The van der Waals surface area contributed by atoms with Gasteiger partial charge in [-0.15, -0.1) is 0 Å². The highest BCUT2D eigenvalue weighted by Crippen LogP contribution is 2.29. The first-order chi connectivity index (χ1) is 14.6. The van der Waals surface area contributed by atoms with Crippen molar-refractivity contribution >= 4 is 16.9 Å². The van der Waals surface area contributed by atoms with E-state index < -0.39 is 0 Å². The van der Waals surface area contributed by atoms with Crippen LogP contribution in [0.3, 0.4) is 0 Å². The molecule has 0 bridgehead atoms. The Morgan fingerprint density at radius 2 is 2.20 bits per heavy atom. The molecule has 2 saturated heterocycles. The molecule has 8 nitrogen and oxygen atoms in total. The van der Waals surface area contributed by atoms with Gasteiger partial charge >= 0.3 is 0 Å². The van der Waals surface area contributed by atoms with Crippen molar-refractivity contribution < 1.29 is 9.47 Å². The maximum atomic E-state index is 5.97. The summed E-state index contributed by atoms with van der Waals surface area (Å²) in [5.74, 6) is 2.35. The van der Waals surface area contributed by atoms with E-state index in [0.717, 1.165) is 61.0 Å². The van der Waals surface area contributed by atoms with Crippen molar-refractivity contribution in [3.8, 4) is 11.6 Å². The van der Waals surface area contributed by atoms with Gasteiger partial charge in [-0.3, -0.25) is 9.55 Å². The third-order valence-electron chi connectivity index (χ3n) is 5.89. The zero-order valence-corrected chi connectivity index (χ0v) is 17.5. The highest BCUT2D eigenvalue weighted by atomic mass is 16.5. The first kappa shape index (κ1) is 19.3. The number of benzene rings is 1. The van der Waals surface area contributed by atoms with Gasteiger partial charge in [0.2, 0.25) is 0 Å². The van der Waals surface area contributed by atoms with Crippen LogP contribution in [-0.2, 0) is 4.74 Å². The average molecular weight is 409 g/mol. The summed E-state index contributed by atoms with van der Waals surface area (Å²) in [5, 5.41) is 7.01. The first-order valence-corrected chi connectivity index (χ1v) is 10.6. The van der Waals surface area contributed by atoms with Gasteiger partial charge in [0, 0.05) is 30.1 Å². The minimum atomic E-state index is 0.114. The first-order valence-electron chi connectivity index (χ1n) is 10.6. The van der Waals surface area contributed by atoms with Crippen molar-refractivity contribution in [3.63, 3.8) is 0 Å². The van der Waals surface area contributed by atoms with Gasteiger partial charge < -0.3 is 20.1 Å². The minimum absolute atomic E-state index is 0.114. The number of imidazole rings is 1. The molecule has 8 heteroatoms. The largest absolute Gasteiger partial charge is 0.493 e. The molecule has 0 aliphatic carbocycles. The van der Waals surface area contributed by atoms with Crippen molar-refractivity contribution in [2.24, 2.45) is 5.41 Å². The van der Waals surface area contributed by atoms with Crippen molar-refractivity contribution in [2.45, 2.75) is 38.8 Å². The van der Waals surface area contributed by atoms with Crippen molar-refractivity contribution in [3.05, 3.63) is 36.9 Å². The van der Waals surface area contributed by atoms with Crippen LogP contribution < -0.4 is 15.4 Å². The van der Waals surface area contributed by atoms with E-state index >= 15 is 0 Å². The van der Waals surface area contributed by atoms with Gasteiger partial charge in [-0.2, -0.15) is 0 Å². The van der Waals surface area contributed by atoms with Crippen molar-refractivity contribution in [1.82, 2.24) is 24.8 Å². The third-order valence-corrected chi connectivity index (χ3v) is 5.89. The molecule has 30 heavy (non-hydrogen) atoms. The lowest BCUT2D eigenvalue weighted by molar-refractivity contribution is -0.120. The molecule has 2 aliphatic heterocycles. The number of hydrogen-bond acceptors (Lipinski definition) is 7. The van der Waals surface area contributed by atoms with Crippen LogP contribution in [-0.4, -0.2) is 58.0 Å². The summed E-state index contributed by atoms with van der Waals surface area (Å²) in [4.78, 5) is 13.7. The van der Waals surface area contributed by atoms with Crippen LogP contribution >= 0.6 is 0 Å². The quantitative estimate of drug-likeness (QED) is 0.649. The van der Waals surface area contributed by atoms with Crippen LogP contribution in [0.4, 0.5) is 5.82 Å². The van der Waals surface area contributed by atoms with Gasteiger partial charge in [-0.1, -0.05) is 6.92 Å². The molecule has 2 unspecified atom stereocenters. The molecule has 3 aromatic rings. The van der Waals surface area contributed by atoms with Crippen LogP contribution in [0.15, 0.2) is 36.9 Å². The van der Waals surface area contributed by atoms with E-state index in [9.17, 15) is 0 Å². The second-order valence-corrected chi connectivity index (χ2v) is 8.85. The predicted octanol–water partition coefficient (Wildman–Crippen LogP) is 2.78. The maximum Gasteiger partial charge on any atom is 0.159 e. The van der Waals surface area contributed by atoms with Crippen molar-refractivity contribution in [2.75, 3.05) is 31.7 Å². The van der Waals surface area contributed by atoms with E-state index in [1.54, 1.807) is 18.7 Å². The van der Waals surface area contributed by atoms with E-state index in [2.05, 4.69) is 34.4 Å². The zero-order chi connectivity index (χ0) is 20.6. The van der Waals surface area contributed by atoms with E-state index in [4.69, 9.17) is 14.5 Å². The Balaban J connectivity index is 1.32. The fourth-order valence-corrected chi connectivity index (χ4v) is 3.93. The molecular weight excluding hydrogens is 380 g/mol. The standard InChI is InChI=1S/C22H28N6O2/c1-15-3-4-16(8-24-15)26-20-9-23-10-21(27-20)28-14-25-18-7-17(5-6-19(18)28)30-13-22(2)11-29-12-22/h5-7,9-10,14-16,24H,3-4,8,11-13H2,1-2H3,(H,26,27). The van der Waals surface area contributed by atoms with Crippen LogP contribution in [0.25, 0.3) is 16.9 Å². The minimum Gasteiger partial charge on any atom is -0.493 e. The van der Waals surface area contributed by atoms with Gasteiger partial charge in [0.05, 0.1) is 43.2 Å². The molecule has 1 aromatic carbocycles. The van der Waals surface area contributed by atoms with Crippen LogP contribution in [0, 0.1) is 5.41 Å². The number of hydrogen-bond donors (Lipinski definition) is 2. The second kappa shape index (κ2) is 7.85. The van der Waals surface area contributed by atoms with Gasteiger partial charge in [-0.05, 0) is 31.9 Å². The lowest BCUT2D eigenvalue weighted by Gasteiger charge is -2.37. The number of aromatic nitrogens is 4. The summed E-state index contributed by atoms with van der Waals surface area (Å²) in [6, 6.07) is 6.92. The average Bonchev–Trinajstić information content (AvgIpc) is 3.16. The predicted molar refractivity (Wildman–Crippen MR) is 115 cm³/mol. The lowest BCUT2D eigenvalue weighted by atomic mass is 9.90. The molecule has 2 aliphatic rings. The summed E-state index contributed by atoms with van der Waals surface area (Å²) in [6.45, 7) is 7.49. The fraction of sp³-hybridized carbons (Fsp3) is 0.500. The number of fused-ring (bicyclic) bond motifs is 1. The molecule has 2 atom stereocenters. The topological polar surface area (TPSA) is 86.1 Å². The normalized spacial score (nSPS) is 23.1. The number of nitrogens with zero attached hydrogens (tertiary/aromatic N) is 4. The van der Waals surface area contributed by atoms with Crippen LogP contribution in [0.2, 0.25) is 0 Å². The highest BCUT2D eigenvalue weighted by molar-refractivity contribution is 5.78. The Bertz CT molecular complexity index is 1020. The molecule has 0 radical (unpaired) electrons. The van der Waals surface area contributed by atoms with E-state index in [1.165, 1.54) is 0 Å². The summed E-state index contributed by atoms with van der Waals surface area (Å²) in [7, 11) is 0. The molecule has 4 heterocycles. The van der Waals surface area contributed by atoms with Gasteiger partial charge in [0.15, 0.2) is 5.82 Å². The molecule has 5 rings (SSSR count). The lowest BCUT2D eigenvalue weighted by Crippen LogP contribution is -2.44. The molecule has 0 amide bonds. The maximum absolute atomic E-state index is 5.97. The fourth-order valence-electron chi connectivity index (χ4n) is 3.93. The molecule has 158 valence electrons. The summed E-state index contributed by atoms with van der Waals surface area (Å²) >= 11 is 0. The smallest absolute Gasteiger partial charge is 0.159 e. The van der Waals surface area contributed by atoms with Gasteiger partial charge in [-0.25, -0.2) is 9.97 Å². The Kier molecular flexibility index (Phi) is 5.04. The SMILES string of the molecule is CC1CCC(Nc2cncc(-n3cnc4cc(OCC5(C)COC5)ccc43)n2)CN1.